The molecule has 1 aromatic carbocycles. The highest BCUT2D eigenvalue weighted by molar-refractivity contribution is 7.91. The maximum Gasteiger partial charge on any atom is 0.408 e. The van der Waals surface area contributed by atoms with Crippen LogP contribution in [-0.4, -0.2) is 88.4 Å². The molecule has 54 heavy (non-hydrogen) atoms. The number of carbonyl (C=O) groups excluding carboxylic acids is 4. The Morgan fingerprint density at radius 1 is 1.09 bits per heavy atom. The van der Waals surface area contributed by atoms with Gasteiger partial charge in [0.05, 0.1) is 17.5 Å². The molecule has 3 heterocycles. The molecule has 290 valence electrons. The highest BCUT2D eigenvalue weighted by Crippen LogP contribution is 2.46. The first-order valence-electron chi connectivity index (χ1n) is 18.0. The lowest BCUT2D eigenvalue weighted by molar-refractivity contribution is -0.143. The number of nitrogens with one attached hydrogen (secondary N) is 3. The Hall–Kier alpha value is -4.99. The third-order valence-electron chi connectivity index (χ3n) is 9.79. The summed E-state index contributed by atoms with van der Waals surface area (Å²) in [6, 6.07) is 8.84. The second-order valence-corrected chi connectivity index (χ2v) is 18.4. The van der Waals surface area contributed by atoms with Crippen LogP contribution < -0.4 is 20.1 Å². The fourth-order valence-corrected chi connectivity index (χ4v) is 8.02. The van der Waals surface area contributed by atoms with E-state index in [0.717, 1.165) is 5.56 Å². The molecule has 6 rings (SSSR count). The van der Waals surface area contributed by atoms with Gasteiger partial charge in [-0.1, -0.05) is 62.3 Å². The first-order valence-corrected chi connectivity index (χ1v) is 19.6. The van der Waals surface area contributed by atoms with Crippen LogP contribution in [0.3, 0.4) is 0 Å². The van der Waals surface area contributed by atoms with E-state index >= 15 is 0 Å². The van der Waals surface area contributed by atoms with Crippen molar-refractivity contribution in [2.45, 2.75) is 109 Å². The number of aryl methyl sites for hydroxylation is 1. The van der Waals surface area contributed by atoms with E-state index in [0.29, 0.717) is 35.5 Å². The molecule has 1 saturated heterocycles. The molecular weight excluding hydrogens is 717 g/mol. The molecule has 3 aliphatic rings. The number of carbonyl (C=O) groups is 4. The van der Waals surface area contributed by atoms with E-state index in [1.807, 2.05) is 30.3 Å². The molecule has 0 unspecified atom stereocenters. The number of ether oxygens (including phenoxy) is 2. The maximum atomic E-state index is 14.6. The Bertz CT molecular complexity index is 2080. The zero-order chi connectivity index (χ0) is 39.4. The summed E-state index contributed by atoms with van der Waals surface area (Å²) in [5.41, 5.74) is -0.524. The molecule has 4 amide bonds. The van der Waals surface area contributed by atoms with Gasteiger partial charge in [-0.2, -0.15) is 0 Å². The number of amides is 4. The zero-order valence-electron chi connectivity index (χ0n) is 31.6. The molecule has 2 saturated carbocycles. The third kappa shape index (κ3) is 8.08. The number of aromatic nitrogens is 2. The monoisotopic (exact) mass is 764 g/mol. The van der Waals surface area contributed by atoms with Crippen molar-refractivity contribution < 1.29 is 41.6 Å². The van der Waals surface area contributed by atoms with E-state index in [1.165, 1.54) is 11.0 Å². The van der Waals surface area contributed by atoms with Crippen LogP contribution in [0.2, 0.25) is 0 Å². The van der Waals surface area contributed by atoms with Crippen molar-refractivity contribution in [1.82, 2.24) is 30.4 Å². The molecule has 0 spiro atoms. The third-order valence-corrected chi connectivity index (χ3v) is 11.6. The van der Waals surface area contributed by atoms with Crippen molar-refractivity contribution in [3.05, 3.63) is 54.7 Å². The Morgan fingerprint density at radius 2 is 1.78 bits per heavy atom. The van der Waals surface area contributed by atoms with E-state index in [2.05, 4.69) is 27.1 Å². The van der Waals surface area contributed by atoms with Gasteiger partial charge in [0.1, 0.15) is 40.5 Å². The van der Waals surface area contributed by atoms with E-state index in [9.17, 15) is 27.6 Å². The first-order chi connectivity index (χ1) is 25.2. The Labute approximate surface area is 314 Å². The predicted molar refractivity (Wildman–Crippen MR) is 198 cm³/mol. The van der Waals surface area contributed by atoms with E-state index in [-0.39, 0.29) is 25.0 Å². The Morgan fingerprint density at radius 3 is 2.37 bits per heavy atom. The lowest BCUT2D eigenvalue weighted by Gasteiger charge is -2.36. The molecule has 1 aliphatic heterocycles. The van der Waals surface area contributed by atoms with Crippen LogP contribution in [0, 0.1) is 18.3 Å². The molecule has 0 radical (unpaired) electrons. The number of fused-ring (bicyclic) bond motifs is 1. The second-order valence-electron chi connectivity index (χ2n) is 16.4. The molecule has 3 N–H and O–H groups in total. The fraction of sp³-hybridized carbons (Fsp3) is 0.526. The van der Waals surface area contributed by atoms with Gasteiger partial charge in [0.15, 0.2) is 5.75 Å². The van der Waals surface area contributed by atoms with Gasteiger partial charge in [0.2, 0.25) is 27.4 Å². The van der Waals surface area contributed by atoms with Crippen LogP contribution in [0.5, 0.6) is 5.75 Å². The quantitative estimate of drug-likeness (QED) is 0.237. The number of benzene rings is 1. The van der Waals surface area contributed by atoms with Crippen molar-refractivity contribution >= 4 is 44.9 Å². The minimum absolute atomic E-state index is 0.0185. The van der Waals surface area contributed by atoms with Crippen LogP contribution >= 0.6 is 0 Å². The molecule has 0 bridgehead atoms. The second kappa shape index (κ2) is 14.0. The van der Waals surface area contributed by atoms with Crippen LogP contribution in [0.1, 0.15) is 72.9 Å². The molecule has 5 atom stereocenters. The number of pyridine rings is 1. The number of alkyl carbamates (subject to hydrolysis) is 1. The van der Waals surface area contributed by atoms with Crippen LogP contribution in [0.4, 0.5) is 4.79 Å². The number of rotatable bonds is 11. The number of nitrogens with zero attached hydrogens (tertiary/aromatic N) is 3. The molecule has 16 heteroatoms. The highest BCUT2D eigenvalue weighted by Gasteiger charge is 2.62. The fourth-order valence-electron chi connectivity index (χ4n) is 6.66. The summed E-state index contributed by atoms with van der Waals surface area (Å²) in [6.45, 7) is 15.9. The normalized spacial score (nSPS) is 23.3. The van der Waals surface area contributed by atoms with Gasteiger partial charge in [-0.15, -0.1) is 6.58 Å². The van der Waals surface area contributed by atoms with Gasteiger partial charge in [-0.05, 0) is 52.4 Å². The van der Waals surface area contributed by atoms with Crippen LogP contribution in [-0.2, 0) is 29.1 Å². The largest absolute Gasteiger partial charge is 0.484 e. The molecule has 2 aliphatic carbocycles. The van der Waals surface area contributed by atoms with E-state index in [4.69, 9.17) is 19.0 Å². The Kier molecular flexibility index (Phi) is 10.1. The minimum atomic E-state index is -3.92. The summed E-state index contributed by atoms with van der Waals surface area (Å²) in [6.07, 6.45) is 0.911. The average Bonchev–Trinajstić information content (AvgIpc) is 3.99. The lowest BCUT2D eigenvalue weighted by atomic mass is 9.85. The molecule has 2 aromatic heterocycles. The number of sulfonamides is 1. The lowest BCUT2D eigenvalue weighted by Crippen LogP contribution is -2.60. The summed E-state index contributed by atoms with van der Waals surface area (Å²) in [5, 5.41) is 8.92. The average molecular weight is 765 g/mol. The topological polar surface area (TPSA) is 199 Å². The van der Waals surface area contributed by atoms with Crippen molar-refractivity contribution in [1.29, 1.82) is 0 Å². The summed E-state index contributed by atoms with van der Waals surface area (Å²) in [7, 11) is -3.92. The van der Waals surface area contributed by atoms with Gasteiger partial charge in [-0.3, -0.25) is 19.1 Å². The zero-order valence-corrected chi connectivity index (χ0v) is 32.4. The smallest absolute Gasteiger partial charge is 0.408 e. The minimum Gasteiger partial charge on any atom is -0.484 e. The molecule has 3 fully saturated rings. The maximum absolute atomic E-state index is 14.6. The molecular formula is C38H48N6O9S. The summed E-state index contributed by atoms with van der Waals surface area (Å²) < 4.78 is 45.2. The predicted octanol–water partition coefficient (Wildman–Crippen LogP) is 4.16. The van der Waals surface area contributed by atoms with Crippen LogP contribution in [0.25, 0.3) is 22.4 Å². The van der Waals surface area contributed by atoms with Crippen molar-refractivity contribution in [2.24, 2.45) is 11.3 Å². The number of hydrogen-bond acceptors (Lipinski definition) is 11. The SMILES string of the molecule is C=C[C@@H]1C[C@]1(NC(=O)[C@@H]1C[C@@H](Oc2cc(-c3ccccc3)nc3c(C)noc23)CN1C(=O)[C@@H](NC(=O)OC(C)(C)C)C(C)(C)C)C(=O)NS(=O)(=O)C1CC1. The van der Waals surface area contributed by atoms with Crippen LogP contribution in [0.15, 0.2) is 53.6 Å². The number of likely N-dealkylation sites (tertiary alicyclic amines) is 1. The molecule has 15 nitrogen and oxygen atoms in total. The van der Waals surface area contributed by atoms with Gasteiger partial charge in [-0.25, -0.2) is 18.2 Å². The van der Waals surface area contributed by atoms with Gasteiger partial charge in [0, 0.05) is 24.0 Å². The number of hydrogen-bond donors (Lipinski definition) is 3. The van der Waals surface area contributed by atoms with Crippen molar-refractivity contribution in [3.8, 4) is 17.0 Å². The standard InChI is InChI=1S/C38H48N6O9S/c1-9-23-19-38(23,34(47)43-54(49,50)25-15-16-25)41-32(45)27-17-24(20-44(27)33(46)31(36(3,4)5)40-35(48)52-37(6,7)8)51-28-18-26(22-13-11-10-12-14-22)39-29-21(2)42-53-30(28)29/h9-14,18,23-25,27,31H,1,15-17,19-20H2,2-8H3,(H,40,48)(H,41,45)(H,43,47)/t23-,24-,27+,31-,38-/m1/s1. The van der Waals surface area contributed by atoms with E-state index in [1.54, 1.807) is 54.5 Å². The van der Waals surface area contributed by atoms with Crippen molar-refractivity contribution in [2.75, 3.05) is 6.54 Å². The Balaban J connectivity index is 1.33. The first kappa shape index (κ1) is 38.7. The van der Waals surface area contributed by atoms with Gasteiger partial charge >= 0.3 is 6.09 Å². The van der Waals surface area contributed by atoms with Gasteiger partial charge < -0.3 is 29.5 Å². The van der Waals surface area contributed by atoms with E-state index < -0.39 is 79.7 Å². The highest BCUT2D eigenvalue weighted by atomic mass is 32.2. The summed E-state index contributed by atoms with van der Waals surface area (Å²) >= 11 is 0. The van der Waals surface area contributed by atoms with Crippen molar-refractivity contribution in [3.63, 3.8) is 0 Å². The summed E-state index contributed by atoms with van der Waals surface area (Å²) in [5.74, 6) is -2.37. The molecule has 3 aromatic rings. The summed E-state index contributed by atoms with van der Waals surface area (Å²) in [4.78, 5) is 61.5. The van der Waals surface area contributed by atoms with Gasteiger partial charge in [0.25, 0.3) is 5.91 Å².